The summed E-state index contributed by atoms with van der Waals surface area (Å²) in [5.41, 5.74) is -0.297. The lowest BCUT2D eigenvalue weighted by atomic mass is 10.1. The molecule has 1 aromatic carbocycles. The smallest absolute Gasteiger partial charge is 0.237 e. The molecule has 0 bridgehead atoms. The maximum Gasteiger partial charge on any atom is 0.417 e. The second-order valence-electron chi connectivity index (χ2n) is 4.43. The third kappa shape index (κ3) is 2.56. The summed E-state index contributed by atoms with van der Waals surface area (Å²) in [4.78, 5) is 7.99. The first-order valence-corrected chi connectivity index (χ1v) is 6.04. The number of fused-ring (bicyclic) bond motifs is 1. The van der Waals surface area contributed by atoms with Gasteiger partial charge in [-0.3, -0.25) is 0 Å². The van der Waals surface area contributed by atoms with E-state index in [1.54, 1.807) is 0 Å². The van der Waals surface area contributed by atoms with Crippen LogP contribution < -0.4 is 0 Å². The van der Waals surface area contributed by atoms with Crippen molar-refractivity contribution in [3.8, 4) is 11.3 Å². The van der Waals surface area contributed by atoms with Gasteiger partial charge in [0.2, 0.25) is 0 Å². The summed E-state index contributed by atoms with van der Waals surface area (Å²) in [5.74, 6) is -0.464. The Morgan fingerprint density at radius 3 is 2.33 bits per heavy atom. The number of hydrogen-bond acceptors (Lipinski definition) is 2. The van der Waals surface area contributed by atoms with Crippen molar-refractivity contribution < 1.29 is 17.6 Å². The van der Waals surface area contributed by atoms with Crippen molar-refractivity contribution in [2.75, 3.05) is 0 Å². The fourth-order valence-electron chi connectivity index (χ4n) is 2.06. The number of halogens is 4. The van der Waals surface area contributed by atoms with Crippen molar-refractivity contribution in [1.29, 1.82) is 0 Å². The summed E-state index contributed by atoms with van der Waals surface area (Å²) in [6.07, 6.45) is -3.14. The van der Waals surface area contributed by atoms with Crippen molar-refractivity contribution in [2.24, 2.45) is 0 Å². The van der Waals surface area contributed by atoms with Crippen molar-refractivity contribution in [3.05, 3.63) is 60.0 Å². The van der Waals surface area contributed by atoms with Crippen LogP contribution in [0.2, 0.25) is 0 Å². The molecule has 21 heavy (non-hydrogen) atoms. The molecule has 0 spiro atoms. The predicted octanol–water partition coefficient (Wildman–Crippen LogP) is 4.45. The summed E-state index contributed by atoms with van der Waals surface area (Å²) < 4.78 is 52.4. The van der Waals surface area contributed by atoms with Crippen LogP contribution in [0, 0.1) is 5.82 Å². The topological polar surface area (TPSA) is 25.8 Å². The highest BCUT2D eigenvalue weighted by atomic mass is 19.4. The number of pyridine rings is 2. The molecule has 0 aliphatic carbocycles. The Labute approximate surface area is 117 Å². The van der Waals surface area contributed by atoms with Crippen LogP contribution in [0.15, 0.2) is 48.7 Å². The van der Waals surface area contributed by atoms with E-state index in [1.165, 1.54) is 42.6 Å². The van der Waals surface area contributed by atoms with Gasteiger partial charge in [-0.15, -0.1) is 0 Å². The molecule has 0 aliphatic rings. The minimum absolute atomic E-state index is 0.00616. The third-order valence-electron chi connectivity index (χ3n) is 3.03. The van der Waals surface area contributed by atoms with Crippen LogP contribution in [0.3, 0.4) is 0 Å². The van der Waals surface area contributed by atoms with Crippen LogP contribution in [-0.4, -0.2) is 9.97 Å². The molecule has 0 saturated carbocycles. The molecule has 0 N–H and O–H groups in total. The molecule has 0 amide bonds. The van der Waals surface area contributed by atoms with Gasteiger partial charge in [-0.1, -0.05) is 0 Å². The Hall–Kier alpha value is -2.50. The van der Waals surface area contributed by atoms with Gasteiger partial charge in [0.05, 0.1) is 11.3 Å². The van der Waals surface area contributed by atoms with E-state index in [1.807, 2.05) is 0 Å². The highest BCUT2D eigenvalue weighted by molar-refractivity contribution is 5.82. The summed E-state index contributed by atoms with van der Waals surface area (Å²) in [6, 6.07) is 8.82. The van der Waals surface area contributed by atoms with E-state index in [2.05, 4.69) is 9.97 Å². The minimum atomic E-state index is -4.51. The van der Waals surface area contributed by atoms with E-state index in [4.69, 9.17) is 0 Å². The maximum absolute atomic E-state index is 13.2. The van der Waals surface area contributed by atoms with Gasteiger partial charge >= 0.3 is 6.18 Å². The average molecular weight is 292 g/mol. The van der Waals surface area contributed by atoms with Crippen molar-refractivity contribution >= 4 is 11.0 Å². The SMILES string of the molecule is Fc1ccc(-c2cc(C(F)(F)F)c3cccnc3n2)cc1. The summed E-state index contributed by atoms with van der Waals surface area (Å²) in [6.45, 7) is 0. The van der Waals surface area contributed by atoms with Crippen LogP contribution in [0.25, 0.3) is 22.3 Å². The van der Waals surface area contributed by atoms with Crippen LogP contribution in [0.4, 0.5) is 17.6 Å². The van der Waals surface area contributed by atoms with Crippen LogP contribution >= 0.6 is 0 Å². The van der Waals surface area contributed by atoms with Gasteiger partial charge < -0.3 is 0 Å². The summed E-state index contributed by atoms with van der Waals surface area (Å²) in [5, 5.41) is -0.0594. The fraction of sp³-hybridized carbons (Fsp3) is 0.0667. The first-order valence-electron chi connectivity index (χ1n) is 6.04. The highest BCUT2D eigenvalue weighted by Gasteiger charge is 2.33. The molecule has 106 valence electrons. The molecule has 0 unspecified atom stereocenters. The van der Waals surface area contributed by atoms with Gasteiger partial charge in [-0.25, -0.2) is 14.4 Å². The first kappa shape index (κ1) is 13.5. The first-order chi connectivity index (χ1) is 9.95. The Morgan fingerprint density at radius 2 is 1.67 bits per heavy atom. The molecule has 0 aliphatic heterocycles. The third-order valence-corrected chi connectivity index (χ3v) is 3.03. The van der Waals surface area contributed by atoms with Crippen LogP contribution in [0.1, 0.15) is 5.56 Å². The lowest BCUT2D eigenvalue weighted by molar-refractivity contribution is -0.136. The van der Waals surface area contributed by atoms with Crippen LogP contribution in [-0.2, 0) is 6.18 Å². The number of rotatable bonds is 1. The Morgan fingerprint density at radius 1 is 0.952 bits per heavy atom. The molecular weight excluding hydrogens is 284 g/mol. The summed E-state index contributed by atoms with van der Waals surface area (Å²) in [7, 11) is 0. The zero-order valence-electron chi connectivity index (χ0n) is 10.5. The summed E-state index contributed by atoms with van der Waals surface area (Å²) >= 11 is 0. The van der Waals surface area contributed by atoms with Gasteiger partial charge in [0.15, 0.2) is 5.65 Å². The van der Waals surface area contributed by atoms with Crippen molar-refractivity contribution in [1.82, 2.24) is 9.97 Å². The molecule has 6 heteroatoms. The largest absolute Gasteiger partial charge is 0.417 e. The minimum Gasteiger partial charge on any atom is -0.237 e. The van der Waals surface area contributed by atoms with Crippen molar-refractivity contribution in [3.63, 3.8) is 0 Å². The fourth-order valence-corrected chi connectivity index (χ4v) is 2.06. The standard InChI is InChI=1S/C15H8F4N2/c16-10-5-3-9(4-6-10)13-8-12(15(17,18)19)11-2-1-7-20-14(11)21-13/h1-8H. The zero-order valence-corrected chi connectivity index (χ0v) is 10.5. The van der Waals surface area contributed by atoms with E-state index in [0.717, 1.165) is 6.07 Å². The zero-order chi connectivity index (χ0) is 15.0. The lowest BCUT2D eigenvalue weighted by Crippen LogP contribution is -2.07. The van der Waals surface area contributed by atoms with E-state index >= 15 is 0 Å². The Bertz CT molecular complexity index is 795. The molecule has 0 saturated heterocycles. The normalized spacial score (nSPS) is 11.8. The number of benzene rings is 1. The molecule has 2 nitrogen and oxygen atoms in total. The van der Waals surface area contributed by atoms with E-state index in [0.29, 0.717) is 5.56 Å². The highest BCUT2D eigenvalue weighted by Crippen LogP contribution is 2.36. The molecule has 2 aromatic heterocycles. The number of aromatic nitrogens is 2. The quantitative estimate of drug-likeness (QED) is 0.619. The monoisotopic (exact) mass is 292 g/mol. The Balaban J connectivity index is 2.28. The number of hydrogen-bond donors (Lipinski definition) is 0. The molecular formula is C15H8F4N2. The molecule has 0 radical (unpaired) electrons. The second-order valence-corrected chi connectivity index (χ2v) is 4.43. The molecule has 3 rings (SSSR count). The van der Waals surface area contributed by atoms with Gasteiger partial charge in [0, 0.05) is 17.1 Å². The lowest BCUT2D eigenvalue weighted by Gasteiger charge is -2.12. The number of alkyl halides is 3. The van der Waals surface area contributed by atoms with Crippen LogP contribution in [0.5, 0.6) is 0 Å². The molecule has 0 fully saturated rings. The molecule has 3 aromatic rings. The van der Waals surface area contributed by atoms with Crippen molar-refractivity contribution in [2.45, 2.75) is 6.18 Å². The van der Waals surface area contributed by atoms with Gasteiger partial charge in [0.25, 0.3) is 0 Å². The van der Waals surface area contributed by atoms with E-state index < -0.39 is 17.6 Å². The maximum atomic E-state index is 13.2. The van der Waals surface area contributed by atoms with E-state index in [9.17, 15) is 17.6 Å². The number of nitrogens with zero attached hydrogens (tertiary/aromatic N) is 2. The Kier molecular flexibility index (Phi) is 3.08. The predicted molar refractivity (Wildman–Crippen MR) is 69.9 cm³/mol. The average Bonchev–Trinajstić information content (AvgIpc) is 2.46. The van der Waals surface area contributed by atoms with Gasteiger partial charge in [-0.05, 0) is 42.5 Å². The second kappa shape index (κ2) is 4.80. The van der Waals surface area contributed by atoms with Gasteiger partial charge in [0.1, 0.15) is 5.82 Å². The molecule has 0 atom stereocenters. The molecule has 2 heterocycles. The van der Waals surface area contributed by atoms with E-state index in [-0.39, 0.29) is 16.7 Å². The van der Waals surface area contributed by atoms with Gasteiger partial charge in [-0.2, -0.15) is 13.2 Å².